The second-order valence-corrected chi connectivity index (χ2v) is 6.56. The summed E-state index contributed by atoms with van der Waals surface area (Å²) in [5.74, 6) is -0.0419. The molecule has 0 spiro atoms. The predicted molar refractivity (Wildman–Crippen MR) is 92.0 cm³/mol. The van der Waals surface area contributed by atoms with Gasteiger partial charge < -0.3 is 4.74 Å². The molecule has 0 N–H and O–H groups in total. The van der Waals surface area contributed by atoms with Gasteiger partial charge in [0, 0.05) is 7.05 Å². The molecule has 1 unspecified atom stereocenters. The molecule has 1 saturated heterocycles. The van der Waals surface area contributed by atoms with Crippen molar-refractivity contribution < 1.29 is 23.7 Å². The SMILES string of the molecule is CCCC[n+]1c(C)c(C)n2c1N=C1C2C(=O)N(CC(=O)OC)C(=O)N1C. The normalized spacial score (nSPS) is 18.8. The van der Waals surface area contributed by atoms with Crippen molar-refractivity contribution in [1.82, 2.24) is 14.4 Å². The number of carbonyl (C=O) groups excluding carboxylic acids is 3. The van der Waals surface area contributed by atoms with Crippen LogP contribution in [0.5, 0.6) is 0 Å². The number of carbonyl (C=O) groups is 3. The smallest absolute Gasteiger partial charge is 0.402 e. The molecule has 3 rings (SSSR count). The Balaban J connectivity index is 2.06. The van der Waals surface area contributed by atoms with Gasteiger partial charge in [0.1, 0.15) is 17.9 Å². The number of imide groups is 1. The van der Waals surface area contributed by atoms with E-state index in [0.717, 1.165) is 35.7 Å². The highest BCUT2D eigenvalue weighted by Crippen LogP contribution is 2.35. The average molecular weight is 362 g/mol. The van der Waals surface area contributed by atoms with Crippen LogP contribution in [0, 0.1) is 13.8 Å². The zero-order chi connectivity index (χ0) is 19.2. The van der Waals surface area contributed by atoms with Crippen LogP contribution in [0.15, 0.2) is 4.99 Å². The summed E-state index contributed by atoms with van der Waals surface area (Å²) in [5.41, 5.74) is 1.97. The summed E-state index contributed by atoms with van der Waals surface area (Å²) in [5, 5.41) is 0. The molecule has 0 aliphatic carbocycles. The third-order valence-electron chi connectivity index (χ3n) is 5.08. The maximum Gasteiger partial charge on any atom is 0.402 e. The quantitative estimate of drug-likeness (QED) is 0.574. The lowest BCUT2D eigenvalue weighted by Crippen LogP contribution is -2.58. The Labute approximate surface area is 151 Å². The van der Waals surface area contributed by atoms with E-state index in [9.17, 15) is 14.4 Å². The van der Waals surface area contributed by atoms with Crippen LogP contribution in [-0.2, 0) is 20.9 Å². The van der Waals surface area contributed by atoms with Gasteiger partial charge in [0.2, 0.25) is 11.9 Å². The van der Waals surface area contributed by atoms with Crippen LogP contribution in [0.2, 0.25) is 0 Å². The number of imidazole rings is 1. The Morgan fingerprint density at radius 1 is 1.31 bits per heavy atom. The lowest BCUT2D eigenvalue weighted by molar-refractivity contribution is -0.689. The molecular formula is C17H24N5O4+. The van der Waals surface area contributed by atoms with Crippen molar-refractivity contribution in [1.29, 1.82) is 0 Å². The van der Waals surface area contributed by atoms with Crippen molar-refractivity contribution in [3.05, 3.63) is 11.4 Å². The summed E-state index contributed by atoms with van der Waals surface area (Å²) in [6, 6.07) is -1.31. The Morgan fingerprint density at radius 3 is 2.62 bits per heavy atom. The largest absolute Gasteiger partial charge is 0.468 e. The molecule has 1 atom stereocenters. The fraction of sp³-hybridized carbons (Fsp3) is 0.588. The standard InChI is InChI=1S/C17H24N5O4/c1-6-7-8-20-10(2)11(3)22-13-14(18-16(20)22)19(4)17(25)21(15(13)24)9-12(23)26-5/h13H,6-9H2,1-5H3/q+1. The van der Waals surface area contributed by atoms with E-state index >= 15 is 0 Å². The summed E-state index contributed by atoms with van der Waals surface area (Å²) < 4.78 is 8.55. The zero-order valence-corrected chi connectivity index (χ0v) is 15.8. The van der Waals surface area contributed by atoms with Crippen LogP contribution < -0.4 is 4.57 Å². The number of nitrogens with zero attached hydrogens (tertiary/aromatic N) is 5. The number of aliphatic imine (C=N–C) groups is 1. The van der Waals surface area contributed by atoms with Crippen molar-refractivity contribution >= 4 is 29.7 Å². The van der Waals surface area contributed by atoms with Gasteiger partial charge in [-0.05, 0) is 20.3 Å². The number of amidine groups is 1. The first-order valence-corrected chi connectivity index (χ1v) is 8.69. The van der Waals surface area contributed by atoms with Crippen molar-refractivity contribution in [2.75, 3.05) is 20.7 Å². The molecule has 3 heterocycles. The Bertz CT molecular complexity index is 826. The molecule has 9 nitrogen and oxygen atoms in total. The summed E-state index contributed by atoms with van der Waals surface area (Å²) in [6.45, 7) is 6.44. The van der Waals surface area contributed by atoms with Crippen molar-refractivity contribution in [3.63, 3.8) is 0 Å². The van der Waals surface area contributed by atoms with Crippen LogP contribution in [0.4, 0.5) is 10.7 Å². The molecule has 3 amide bonds. The summed E-state index contributed by atoms with van der Waals surface area (Å²) in [7, 11) is 2.79. The topological polar surface area (TPSA) is 88.1 Å². The number of esters is 1. The molecule has 2 aliphatic rings. The second-order valence-electron chi connectivity index (χ2n) is 6.56. The van der Waals surface area contributed by atoms with Gasteiger partial charge in [0.15, 0.2) is 0 Å². The van der Waals surface area contributed by atoms with E-state index in [1.807, 2.05) is 18.4 Å². The van der Waals surface area contributed by atoms with E-state index in [1.54, 1.807) is 7.05 Å². The van der Waals surface area contributed by atoms with Gasteiger partial charge in [-0.3, -0.25) is 14.5 Å². The van der Waals surface area contributed by atoms with Crippen LogP contribution in [0.3, 0.4) is 0 Å². The Morgan fingerprint density at radius 2 is 2.00 bits per heavy atom. The fourth-order valence-corrected chi connectivity index (χ4v) is 3.43. The molecule has 1 aromatic heterocycles. The molecule has 2 aliphatic heterocycles. The molecule has 140 valence electrons. The van der Waals surface area contributed by atoms with E-state index < -0.39 is 30.5 Å². The number of aromatic nitrogens is 2. The predicted octanol–water partition coefficient (Wildman–Crippen LogP) is 0.844. The minimum atomic E-state index is -0.737. The Hall–Kier alpha value is -2.71. The molecule has 1 fully saturated rings. The van der Waals surface area contributed by atoms with Gasteiger partial charge in [-0.2, -0.15) is 0 Å². The number of ether oxygens (including phenoxy) is 1. The van der Waals surface area contributed by atoms with E-state index in [-0.39, 0.29) is 0 Å². The number of rotatable bonds is 5. The van der Waals surface area contributed by atoms with Crippen LogP contribution in [0.1, 0.15) is 37.2 Å². The van der Waals surface area contributed by atoms with Gasteiger partial charge in [0.05, 0.1) is 13.7 Å². The number of unbranched alkanes of at least 4 members (excludes halogenated alkanes) is 1. The molecule has 9 heteroatoms. The first-order chi connectivity index (χ1) is 12.3. The Kier molecular flexibility index (Phi) is 4.55. The molecule has 0 aromatic carbocycles. The monoisotopic (exact) mass is 362 g/mol. The van der Waals surface area contributed by atoms with Crippen molar-refractivity contribution in [2.45, 2.75) is 46.2 Å². The third kappa shape index (κ3) is 2.49. The summed E-state index contributed by atoms with van der Waals surface area (Å²) in [6.07, 6.45) is 2.04. The van der Waals surface area contributed by atoms with Gasteiger partial charge in [-0.1, -0.05) is 18.3 Å². The highest BCUT2D eigenvalue weighted by molar-refractivity contribution is 6.21. The summed E-state index contributed by atoms with van der Waals surface area (Å²) in [4.78, 5) is 44.1. The molecule has 1 aromatic rings. The molecule has 0 saturated carbocycles. The molecule has 0 bridgehead atoms. The molecular weight excluding hydrogens is 338 g/mol. The van der Waals surface area contributed by atoms with Crippen LogP contribution in [0.25, 0.3) is 0 Å². The van der Waals surface area contributed by atoms with E-state index in [1.165, 1.54) is 12.0 Å². The second kappa shape index (κ2) is 6.54. The number of hydrogen-bond acceptors (Lipinski definition) is 5. The number of hydrogen-bond donors (Lipinski definition) is 0. The highest BCUT2D eigenvalue weighted by atomic mass is 16.5. The van der Waals surface area contributed by atoms with E-state index in [2.05, 4.69) is 21.2 Å². The van der Waals surface area contributed by atoms with E-state index in [4.69, 9.17) is 0 Å². The van der Waals surface area contributed by atoms with Gasteiger partial charge in [-0.25, -0.2) is 18.8 Å². The van der Waals surface area contributed by atoms with E-state index in [0.29, 0.717) is 11.8 Å². The van der Waals surface area contributed by atoms with Gasteiger partial charge in [-0.15, -0.1) is 0 Å². The van der Waals surface area contributed by atoms with Crippen LogP contribution >= 0.6 is 0 Å². The fourth-order valence-electron chi connectivity index (χ4n) is 3.43. The van der Waals surface area contributed by atoms with Crippen LogP contribution in [-0.4, -0.2) is 58.8 Å². The number of amides is 3. The first kappa shape index (κ1) is 18.1. The number of urea groups is 1. The number of likely N-dealkylation sites (N-methyl/N-ethyl adjacent to an activating group) is 1. The lowest BCUT2D eigenvalue weighted by Gasteiger charge is -2.32. The maximum absolute atomic E-state index is 13.0. The lowest BCUT2D eigenvalue weighted by atomic mass is 10.1. The minimum Gasteiger partial charge on any atom is -0.468 e. The van der Waals surface area contributed by atoms with Crippen molar-refractivity contribution in [3.8, 4) is 0 Å². The minimum absolute atomic E-state index is 0.393. The maximum atomic E-state index is 13.0. The third-order valence-corrected chi connectivity index (χ3v) is 5.08. The van der Waals surface area contributed by atoms with Gasteiger partial charge >= 0.3 is 17.9 Å². The van der Waals surface area contributed by atoms with Gasteiger partial charge in [0.25, 0.3) is 5.91 Å². The number of methoxy groups -OCH3 is 1. The highest BCUT2D eigenvalue weighted by Gasteiger charge is 2.54. The first-order valence-electron chi connectivity index (χ1n) is 8.69. The molecule has 0 radical (unpaired) electrons. The summed E-state index contributed by atoms with van der Waals surface area (Å²) >= 11 is 0. The zero-order valence-electron chi connectivity index (χ0n) is 15.8. The average Bonchev–Trinajstić information content (AvgIpc) is 3.12. The van der Waals surface area contributed by atoms with Crippen molar-refractivity contribution in [2.24, 2.45) is 4.99 Å². The number of fused-ring (bicyclic) bond motifs is 3. The molecule has 26 heavy (non-hydrogen) atoms.